The number of esters is 1. The fourth-order valence-corrected chi connectivity index (χ4v) is 2.77. The third kappa shape index (κ3) is 3.52. The highest BCUT2D eigenvalue weighted by Gasteiger charge is 2.22. The quantitative estimate of drug-likeness (QED) is 0.312. The highest BCUT2D eigenvalue weighted by Crippen LogP contribution is 2.36. The maximum atomic E-state index is 12.0. The minimum Gasteiger partial charge on any atom is -0.464 e. The zero-order valence-corrected chi connectivity index (χ0v) is 15.1. The summed E-state index contributed by atoms with van der Waals surface area (Å²) in [5.74, 6) is -0.421. The molecule has 0 bridgehead atoms. The number of fused-ring (bicyclic) bond motifs is 2. The zero-order valence-electron chi connectivity index (χ0n) is 14.3. The molecule has 0 amide bonds. The predicted molar refractivity (Wildman–Crippen MR) is 103 cm³/mol. The van der Waals surface area contributed by atoms with Crippen molar-refractivity contribution in [1.82, 2.24) is 4.98 Å². The molecule has 0 radical (unpaired) electrons. The number of nitrogens with one attached hydrogen (secondary N) is 1. The van der Waals surface area contributed by atoms with Crippen LogP contribution in [0.1, 0.15) is 13.8 Å². The summed E-state index contributed by atoms with van der Waals surface area (Å²) in [5, 5.41) is 15.7. The number of aromatic nitrogens is 1. The summed E-state index contributed by atoms with van der Waals surface area (Å²) in [4.78, 5) is 27.6. The van der Waals surface area contributed by atoms with Crippen LogP contribution in [0, 0.1) is 10.1 Å². The molecule has 1 heterocycles. The molecule has 2 aromatic carbocycles. The Morgan fingerprint density at radius 3 is 2.62 bits per heavy atom. The van der Waals surface area contributed by atoms with Gasteiger partial charge in [0.25, 0.3) is 5.69 Å². The van der Waals surface area contributed by atoms with E-state index in [0.29, 0.717) is 27.5 Å². The van der Waals surface area contributed by atoms with Gasteiger partial charge in [-0.25, -0.2) is 9.78 Å². The second-order valence-electron chi connectivity index (χ2n) is 5.55. The number of nitro groups is 1. The summed E-state index contributed by atoms with van der Waals surface area (Å²) in [6.45, 7) is 3.66. The Hall–Kier alpha value is -2.93. The molecule has 0 saturated carbocycles. The number of carbonyl (C=O) groups is 1. The lowest BCUT2D eigenvalue weighted by Gasteiger charge is -2.17. The molecular formula is C18H18ClN3O4. The monoisotopic (exact) mass is 375 g/mol. The van der Waals surface area contributed by atoms with E-state index >= 15 is 0 Å². The molecule has 8 heteroatoms. The molecule has 0 saturated heterocycles. The van der Waals surface area contributed by atoms with Gasteiger partial charge < -0.3 is 10.1 Å². The number of nitrogens with zero attached hydrogens (tertiary/aromatic N) is 2. The standard InChI is InChI=1S/C18H17N3O4.ClH/c1-3-25-18(22)11(2)19-17-12-7-4-5-8-13(12)20-14-9-6-10-15(16(14)17)21(23)24;/h4-11H,3H2,1-2H3,(H,19,20);1H/t11-;/m0./s1. The number of para-hydroxylation sites is 1. The van der Waals surface area contributed by atoms with Gasteiger partial charge in [-0.3, -0.25) is 10.1 Å². The maximum absolute atomic E-state index is 12.0. The lowest BCUT2D eigenvalue weighted by molar-refractivity contribution is -0.383. The van der Waals surface area contributed by atoms with Gasteiger partial charge in [0.1, 0.15) is 11.4 Å². The lowest BCUT2D eigenvalue weighted by atomic mass is 10.1. The first kappa shape index (κ1) is 19.4. The Morgan fingerprint density at radius 2 is 1.92 bits per heavy atom. The molecule has 7 nitrogen and oxygen atoms in total. The second-order valence-corrected chi connectivity index (χ2v) is 5.55. The first-order valence-corrected chi connectivity index (χ1v) is 7.92. The predicted octanol–water partition coefficient (Wildman–Crippen LogP) is 4.08. The number of carbonyl (C=O) groups excluding carboxylic acids is 1. The van der Waals surface area contributed by atoms with Gasteiger partial charge in [0.15, 0.2) is 0 Å². The van der Waals surface area contributed by atoms with Crippen LogP contribution >= 0.6 is 12.4 Å². The Balaban J connectivity index is 0.00000243. The molecule has 0 spiro atoms. The fourth-order valence-electron chi connectivity index (χ4n) is 2.77. The van der Waals surface area contributed by atoms with Crippen LogP contribution in [0.3, 0.4) is 0 Å². The molecule has 0 aliphatic rings. The molecule has 26 heavy (non-hydrogen) atoms. The summed E-state index contributed by atoms with van der Waals surface area (Å²) < 4.78 is 5.03. The van der Waals surface area contributed by atoms with E-state index in [0.717, 1.165) is 0 Å². The van der Waals surface area contributed by atoms with Crippen molar-refractivity contribution >= 4 is 51.6 Å². The van der Waals surface area contributed by atoms with Crippen molar-refractivity contribution in [3.8, 4) is 0 Å². The maximum Gasteiger partial charge on any atom is 0.328 e. The fraction of sp³-hybridized carbons (Fsp3) is 0.222. The van der Waals surface area contributed by atoms with Crippen LogP contribution in [0.25, 0.3) is 21.8 Å². The van der Waals surface area contributed by atoms with Gasteiger partial charge in [-0.2, -0.15) is 0 Å². The Labute approximate surface area is 155 Å². The zero-order chi connectivity index (χ0) is 18.0. The van der Waals surface area contributed by atoms with Gasteiger partial charge in [0.2, 0.25) is 0 Å². The van der Waals surface area contributed by atoms with Gasteiger partial charge in [0, 0.05) is 11.5 Å². The second kappa shape index (κ2) is 7.97. The van der Waals surface area contributed by atoms with E-state index in [2.05, 4.69) is 10.3 Å². The highest BCUT2D eigenvalue weighted by molar-refractivity contribution is 6.11. The van der Waals surface area contributed by atoms with Crippen LogP contribution in [0.4, 0.5) is 11.4 Å². The van der Waals surface area contributed by atoms with E-state index in [-0.39, 0.29) is 24.7 Å². The molecule has 1 N–H and O–H groups in total. The van der Waals surface area contributed by atoms with E-state index in [1.54, 1.807) is 26.0 Å². The molecule has 0 aliphatic carbocycles. The number of halogens is 1. The Morgan fingerprint density at radius 1 is 1.23 bits per heavy atom. The molecular weight excluding hydrogens is 358 g/mol. The van der Waals surface area contributed by atoms with Gasteiger partial charge in [0.05, 0.1) is 28.3 Å². The molecule has 3 rings (SSSR count). The van der Waals surface area contributed by atoms with E-state index in [4.69, 9.17) is 4.74 Å². The number of hydrogen-bond donors (Lipinski definition) is 1. The van der Waals surface area contributed by atoms with Crippen LogP contribution in [-0.2, 0) is 9.53 Å². The average Bonchev–Trinajstić information content (AvgIpc) is 2.60. The highest BCUT2D eigenvalue weighted by atomic mass is 35.5. The molecule has 3 aromatic rings. The van der Waals surface area contributed by atoms with Crippen LogP contribution in [0.5, 0.6) is 0 Å². The molecule has 0 aliphatic heterocycles. The number of rotatable bonds is 5. The lowest BCUT2D eigenvalue weighted by Crippen LogP contribution is -2.28. The number of nitro benzene ring substituents is 1. The minimum absolute atomic E-state index is 0. The van der Waals surface area contributed by atoms with Gasteiger partial charge in [-0.1, -0.05) is 24.3 Å². The molecule has 0 fully saturated rings. The third-order valence-corrected chi connectivity index (χ3v) is 3.88. The van der Waals surface area contributed by atoms with Gasteiger partial charge in [-0.05, 0) is 26.0 Å². The van der Waals surface area contributed by atoms with Crippen LogP contribution in [0.2, 0.25) is 0 Å². The van der Waals surface area contributed by atoms with E-state index in [1.165, 1.54) is 6.07 Å². The molecule has 0 unspecified atom stereocenters. The van der Waals surface area contributed by atoms with Crippen LogP contribution in [0.15, 0.2) is 42.5 Å². The van der Waals surface area contributed by atoms with E-state index in [9.17, 15) is 14.9 Å². The average molecular weight is 376 g/mol. The van der Waals surface area contributed by atoms with Crippen molar-refractivity contribution in [2.24, 2.45) is 0 Å². The Kier molecular flexibility index (Phi) is 5.94. The van der Waals surface area contributed by atoms with Crippen molar-refractivity contribution in [3.05, 3.63) is 52.6 Å². The number of ether oxygens (including phenoxy) is 1. The Bertz CT molecular complexity index is 977. The van der Waals surface area contributed by atoms with Crippen molar-refractivity contribution in [1.29, 1.82) is 0 Å². The number of hydrogen-bond acceptors (Lipinski definition) is 6. The van der Waals surface area contributed by atoms with Gasteiger partial charge in [-0.15, -0.1) is 12.4 Å². The molecule has 1 atom stereocenters. The topological polar surface area (TPSA) is 94.4 Å². The summed E-state index contributed by atoms with van der Waals surface area (Å²) in [6.07, 6.45) is 0. The number of pyridine rings is 1. The van der Waals surface area contributed by atoms with Crippen molar-refractivity contribution in [2.45, 2.75) is 19.9 Å². The van der Waals surface area contributed by atoms with Crippen LogP contribution < -0.4 is 5.32 Å². The summed E-state index contributed by atoms with van der Waals surface area (Å²) in [5.41, 5.74) is 1.63. The first-order chi connectivity index (χ1) is 12.0. The largest absolute Gasteiger partial charge is 0.464 e. The summed E-state index contributed by atoms with van der Waals surface area (Å²) in [7, 11) is 0. The SMILES string of the molecule is CCOC(=O)[C@H](C)Nc1c2ccccc2nc2cccc([N+](=O)[O-])c12.Cl. The minimum atomic E-state index is -0.659. The first-order valence-electron chi connectivity index (χ1n) is 7.92. The van der Waals surface area contributed by atoms with E-state index < -0.39 is 16.9 Å². The third-order valence-electron chi connectivity index (χ3n) is 3.88. The summed E-state index contributed by atoms with van der Waals surface area (Å²) >= 11 is 0. The van der Waals surface area contributed by atoms with Crippen molar-refractivity contribution < 1.29 is 14.5 Å². The number of anilines is 1. The summed E-state index contributed by atoms with van der Waals surface area (Å²) in [6, 6.07) is 11.4. The molecule has 136 valence electrons. The van der Waals surface area contributed by atoms with Crippen molar-refractivity contribution in [3.63, 3.8) is 0 Å². The van der Waals surface area contributed by atoms with Crippen LogP contribution in [-0.4, -0.2) is 28.5 Å². The normalized spacial score (nSPS) is 11.6. The van der Waals surface area contributed by atoms with Crippen molar-refractivity contribution in [2.75, 3.05) is 11.9 Å². The van der Waals surface area contributed by atoms with Gasteiger partial charge >= 0.3 is 5.97 Å². The number of non-ortho nitro benzene ring substituents is 1. The van der Waals surface area contributed by atoms with E-state index in [1.807, 2.05) is 24.3 Å². The number of benzene rings is 2. The molecule has 1 aromatic heterocycles. The smallest absolute Gasteiger partial charge is 0.328 e.